The summed E-state index contributed by atoms with van der Waals surface area (Å²) in [4.78, 5) is 23.1. The van der Waals surface area contributed by atoms with Crippen LogP contribution >= 0.6 is 0 Å². The van der Waals surface area contributed by atoms with Crippen LogP contribution in [0.25, 0.3) is 6.08 Å². The number of allylic oxidation sites excluding steroid dienone is 5. The van der Waals surface area contributed by atoms with Crippen LogP contribution in [0.15, 0.2) is 65.5 Å². The third kappa shape index (κ3) is 4.94. The third-order valence-electron chi connectivity index (χ3n) is 6.19. The van der Waals surface area contributed by atoms with Crippen LogP contribution in [-0.2, 0) is 9.59 Å². The summed E-state index contributed by atoms with van der Waals surface area (Å²) in [6.07, 6.45) is 7.94. The third-order valence-corrected chi connectivity index (χ3v) is 6.19. The Morgan fingerprint density at radius 3 is 2.37 bits per heavy atom. The molecule has 0 radical (unpaired) electrons. The lowest BCUT2D eigenvalue weighted by atomic mass is 9.79. The summed E-state index contributed by atoms with van der Waals surface area (Å²) < 4.78 is 21.2. The number of carbonyl (C=O) groups is 2. The van der Waals surface area contributed by atoms with Gasteiger partial charge in [0.05, 0.1) is 0 Å². The first-order chi connectivity index (χ1) is 17.0. The molecule has 3 aliphatic heterocycles. The number of dihydropyridines is 1. The van der Waals surface area contributed by atoms with Gasteiger partial charge in [0.25, 0.3) is 0 Å². The number of rotatable bonds is 3. The molecule has 7 heteroatoms. The Labute approximate surface area is 204 Å². The molecule has 180 valence electrons. The van der Waals surface area contributed by atoms with Gasteiger partial charge in [-0.15, -0.1) is 0 Å². The summed E-state index contributed by atoms with van der Waals surface area (Å²) >= 11 is 0. The molecule has 2 aromatic carbocycles. The number of ketones is 2. The molecule has 0 spiro atoms. The topological polar surface area (TPSA) is 83.1 Å². The van der Waals surface area contributed by atoms with Gasteiger partial charge in [0.2, 0.25) is 13.6 Å². The monoisotopic (exact) mass is 473 g/mol. The van der Waals surface area contributed by atoms with Crippen molar-refractivity contribution in [3.8, 4) is 23.0 Å². The van der Waals surface area contributed by atoms with Crippen LogP contribution in [0.1, 0.15) is 50.2 Å². The number of hydrogen-bond donors (Lipinski definition) is 1. The first kappa shape index (κ1) is 22.8. The predicted octanol–water partition coefficient (Wildman–Crippen LogP) is 5.03. The Kier molecular flexibility index (Phi) is 6.31. The number of carbonyl (C=O) groups excluding carboxylic acids is 2. The van der Waals surface area contributed by atoms with Crippen molar-refractivity contribution in [2.24, 2.45) is 0 Å². The van der Waals surface area contributed by atoms with Crippen LogP contribution < -0.4 is 24.3 Å². The molecule has 0 aromatic heterocycles. The molecule has 7 nitrogen and oxygen atoms in total. The second-order valence-corrected chi connectivity index (χ2v) is 8.79. The van der Waals surface area contributed by atoms with Crippen molar-refractivity contribution in [1.82, 2.24) is 5.32 Å². The molecular weight excluding hydrogens is 446 g/mol. The van der Waals surface area contributed by atoms with Gasteiger partial charge in [0.1, 0.15) is 0 Å². The molecule has 0 saturated carbocycles. The molecule has 0 saturated heterocycles. The minimum Gasteiger partial charge on any atom is -0.454 e. The van der Waals surface area contributed by atoms with Crippen molar-refractivity contribution in [2.45, 2.75) is 39.0 Å². The van der Waals surface area contributed by atoms with Gasteiger partial charge in [-0.2, -0.15) is 0 Å². The standard InChI is InChI=1S/C17H17NO3.C11H10O3/c1-10-7-12(17-13(18-10)3-2-4-14(17)19)11-5-6-15-16(8-11)21-9-20-15;1-8(12)2-3-9-4-5-10-11(6-9)14-7-13-10/h5-8,12,18H,2-4,9H2,1H3;2-6H,7H2,1H3. The average molecular weight is 474 g/mol. The highest BCUT2D eigenvalue weighted by atomic mass is 16.7. The lowest BCUT2D eigenvalue weighted by Crippen LogP contribution is -2.28. The molecule has 0 bridgehead atoms. The van der Waals surface area contributed by atoms with Gasteiger partial charge in [0.15, 0.2) is 34.6 Å². The summed E-state index contributed by atoms with van der Waals surface area (Å²) in [5.74, 6) is 3.34. The lowest BCUT2D eigenvalue weighted by molar-refractivity contribution is -0.116. The van der Waals surface area contributed by atoms with E-state index in [2.05, 4.69) is 11.4 Å². The number of nitrogens with one attached hydrogen (secondary N) is 1. The van der Waals surface area contributed by atoms with Crippen LogP contribution in [0.4, 0.5) is 0 Å². The lowest BCUT2D eigenvalue weighted by Gasteiger charge is -2.30. The van der Waals surface area contributed by atoms with Crippen LogP contribution in [0, 0.1) is 0 Å². The van der Waals surface area contributed by atoms with E-state index in [4.69, 9.17) is 18.9 Å². The van der Waals surface area contributed by atoms with Crippen molar-refractivity contribution in [3.63, 3.8) is 0 Å². The highest BCUT2D eigenvalue weighted by Crippen LogP contribution is 2.41. The summed E-state index contributed by atoms with van der Waals surface area (Å²) in [7, 11) is 0. The molecule has 1 unspecified atom stereocenters. The quantitative estimate of drug-likeness (QED) is 0.626. The van der Waals surface area contributed by atoms with E-state index in [1.807, 2.05) is 43.3 Å². The summed E-state index contributed by atoms with van der Waals surface area (Å²) in [6.45, 7) is 4.11. The fraction of sp³-hybridized carbons (Fsp3) is 0.286. The van der Waals surface area contributed by atoms with Gasteiger partial charge >= 0.3 is 0 Å². The zero-order chi connectivity index (χ0) is 24.4. The highest BCUT2D eigenvalue weighted by molar-refractivity contribution is 5.99. The average Bonchev–Trinajstić information content (AvgIpc) is 3.51. The Bertz CT molecular complexity index is 1270. The van der Waals surface area contributed by atoms with E-state index < -0.39 is 0 Å². The number of fused-ring (bicyclic) bond motifs is 2. The van der Waals surface area contributed by atoms with Crippen molar-refractivity contribution in [1.29, 1.82) is 0 Å². The second kappa shape index (κ2) is 9.70. The Hall–Kier alpha value is -4.00. The van der Waals surface area contributed by atoms with E-state index in [9.17, 15) is 9.59 Å². The summed E-state index contributed by atoms with van der Waals surface area (Å²) in [5.41, 5.74) is 5.14. The predicted molar refractivity (Wildman–Crippen MR) is 130 cm³/mol. The largest absolute Gasteiger partial charge is 0.454 e. The minimum atomic E-state index is 0.0172. The molecule has 0 amide bonds. The number of ether oxygens (including phenoxy) is 4. The van der Waals surface area contributed by atoms with Gasteiger partial charge in [0, 0.05) is 29.3 Å². The molecule has 4 aliphatic rings. The molecule has 35 heavy (non-hydrogen) atoms. The maximum Gasteiger partial charge on any atom is 0.231 e. The second-order valence-electron chi connectivity index (χ2n) is 8.79. The zero-order valence-electron chi connectivity index (χ0n) is 19.8. The van der Waals surface area contributed by atoms with E-state index >= 15 is 0 Å². The number of hydrogen-bond acceptors (Lipinski definition) is 7. The fourth-order valence-electron chi connectivity index (χ4n) is 4.57. The first-order valence-corrected chi connectivity index (χ1v) is 11.7. The minimum absolute atomic E-state index is 0.0172. The highest BCUT2D eigenvalue weighted by Gasteiger charge is 2.31. The van der Waals surface area contributed by atoms with Gasteiger partial charge in [-0.25, -0.2) is 0 Å². The van der Waals surface area contributed by atoms with E-state index in [-0.39, 0.29) is 31.1 Å². The molecule has 1 atom stereocenters. The van der Waals surface area contributed by atoms with Crippen molar-refractivity contribution >= 4 is 17.6 Å². The normalized spacial score (nSPS) is 19.5. The SMILES string of the molecule is CC(=O)C=Cc1ccc2c(c1)OCO2.CC1=CC(c2ccc3c(c2)OCO3)C2=C(CCCC2=O)N1. The molecule has 3 heterocycles. The van der Waals surface area contributed by atoms with Crippen LogP contribution in [0.3, 0.4) is 0 Å². The van der Waals surface area contributed by atoms with Crippen molar-refractivity contribution in [3.05, 3.63) is 76.6 Å². The van der Waals surface area contributed by atoms with Gasteiger partial charge < -0.3 is 24.3 Å². The smallest absolute Gasteiger partial charge is 0.231 e. The molecule has 0 fully saturated rings. The number of Topliss-reactive ketones (excluding diaryl/α,β-unsaturated/α-hetero) is 1. The maximum atomic E-state index is 12.4. The Balaban J connectivity index is 0.000000158. The number of benzene rings is 2. The van der Waals surface area contributed by atoms with E-state index in [1.54, 1.807) is 6.08 Å². The Morgan fingerprint density at radius 2 is 1.63 bits per heavy atom. The summed E-state index contributed by atoms with van der Waals surface area (Å²) in [5, 5.41) is 3.36. The summed E-state index contributed by atoms with van der Waals surface area (Å²) in [6, 6.07) is 11.5. The van der Waals surface area contributed by atoms with E-state index in [0.717, 1.165) is 63.9 Å². The fourth-order valence-corrected chi connectivity index (χ4v) is 4.57. The molecule has 2 aromatic rings. The zero-order valence-corrected chi connectivity index (χ0v) is 19.8. The van der Waals surface area contributed by atoms with Crippen LogP contribution in [0.2, 0.25) is 0 Å². The van der Waals surface area contributed by atoms with Gasteiger partial charge in [-0.3, -0.25) is 9.59 Å². The Morgan fingerprint density at radius 1 is 0.943 bits per heavy atom. The maximum absolute atomic E-state index is 12.4. The van der Waals surface area contributed by atoms with E-state index in [0.29, 0.717) is 6.42 Å². The molecule has 1 aliphatic carbocycles. The van der Waals surface area contributed by atoms with Crippen LogP contribution in [0.5, 0.6) is 23.0 Å². The van der Waals surface area contributed by atoms with Crippen LogP contribution in [-0.4, -0.2) is 25.2 Å². The molecule has 6 rings (SSSR count). The van der Waals surface area contributed by atoms with Gasteiger partial charge in [-0.05, 0) is 68.2 Å². The first-order valence-electron chi connectivity index (χ1n) is 11.7. The van der Waals surface area contributed by atoms with E-state index in [1.165, 1.54) is 13.0 Å². The van der Waals surface area contributed by atoms with Crippen molar-refractivity contribution < 1.29 is 28.5 Å². The van der Waals surface area contributed by atoms with Crippen molar-refractivity contribution in [2.75, 3.05) is 13.6 Å². The molecular formula is C28H27NO6. The van der Waals surface area contributed by atoms with Gasteiger partial charge in [-0.1, -0.05) is 24.3 Å². The molecule has 1 N–H and O–H groups in total.